The Balaban J connectivity index is 1.85. The molecule has 0 radical (unpaired) electrons. The van der Waals surface area contributed by atoms with Crippen LogP contribution < -0.4 is 0 Å². The van der Waals surface area contributed by atoms with Crippen LogP contribution in [0.3, 0.4) is 0 Å². The van der Waals surface area contributed by atoms with E-state index in [1.54, 1.807) is 41.3 Å². The lowest BCUT2D eigenvalue weighted by molar-refractivity contribution is 0.445. The summed E-state index contributed by atoms with van der Waals surface area (Å²) in [5, 5.41) is 12.4. The number of hydrogen-bond donors (Lipinski definition) is 0. The van der Waals surface area contributed by atoms with Crippen LogP contribution in [0.2, 0.25) is 0 Å². The van der Waals surface area contributed by atoms with Gasteiger partial charge < -0.3 is 4.57 Å². The number of sulfonamides is 1. The lowest BCUT2D eigenvalue weighted by Crippen LogP contribution is -2.30. The zero-order valence-electron chi connectivity index (χ0n) is 16.3. The fourth-order valence-corrected chi connectivity index (χ4v) is 5.84. The van der Waals surface area contributed by atoms with Crippen molar-refractivity contribution in [1.82, 2.24) is 24.1 Å². The van der Waals surface area contributed by atoms with Crippen LogP contribution in [0.1, 0.15) is 24.5 Å². The van der Waals surface area contributed by atoms with Crippen molar-refractivity contribution in [3.63, 3.8) is 0 Å². The highest BCUT2D eigenvalue weighted by Gasteiger charge is 2.22. The van der Waals surface area contributed by atoms with Crippen molar-refractivity contribution in [3.05, 3.63) is 40.3 Å². The molecule has 10 heteroatoms. The molecular formula is C18H23N5O2S3. The molecule has 0 unspecified atom stereocenters. The molecule has 28 heavy (non-hydrogen) atoms. The van der Waals surface area contributed by atoms with Crippen LogP contribution in [0.25, 0.3) is 11.4 Å². The van der Waals surface area contributed by atoms with E-state index in [0.717, 1.165) is 21.4 Å². The number of benzene rings is 1. The van der Waals surface area contributed by atoms with E-state index in [4.69, 9.17) is 0 Å². The topological polar surface area (TPSA) is 81.0 Å². The highest BCUT2D eigenvalue weighted by atomic mass is 32.2. The monoisotopic (exact) mass is 437 g/mol. The summed E-state index contributed by atoms with van der Waals surface area (Å²) in [5.74, 6) is 1.35. The first-order valence-corrected chi connectivity index (χ1v) is 12.2. The number of aromatic nitrogens is 4. The first-order valence-electron chi connectivity index (χ1n) is 8.90. The lowest BCUT2D eigenvalue weighted by atomic mass is 10.2. The predicted molar refractivity (Wildman–Crippen MR) is 113 cm³/mol. The predicted octanol–water partition coefficient (Wildman–Crippen LogP) is 3.57. The standard InChI is InChI=1S/C18H23N5O2S3/c1-5-23(6-2)28(24,25)16-9-7-8-14(10-16)17-20-21-18(22(17)4)27-12-15-11-26-13(3)19-15/h7-11H,5-6,12H2,1-4H3. The van der Waals surface area contributed by atoms with Crippen molar-refractivity contribution >= 4 is 33.1 Å². The maximum Gasteiger partial charge on any atom is 0.243 e. The zero-order valence-corrected chi connectivity index (χ0v) is 18.7. The Morgan fingerprint density at radius 3 is 2.61 bits per heavy atom. The molecular weight excluding hydrogens is 414 g/mol. The molecule has 0 saturated heterocycles. The molecule has 2 heterocycles. The molecule has 0 fully saturated rings. The minimum Gasteiger partial charge on any atom is -0.305 e. The summed E-state index contributed by atoms with van der Waals surface area (Å²) in [6.45, 7) is 6.52. The van der Waals surface area contributed by atoms with Crippen molar-refractivity contribution in [1.29, 1.82) is 0 Å². The summed E-state index contributed by atoms with van der Waals surface area (Å²) in [7, 11) is -1.63. The minimum absolute atomic E-state index is 0.267. The van der Waals surface area contributed by atoms with E-state index in [1.807, 2.05) is 43.8 Å². The van der Waals surface area contributed by atoms with Crippen LogP contribution in [0.15, 0.2) is 39.7 Å². The molecule has 0 saturated carbocycles. The van der Waals surface area contributed by atoms with Gasteiger partial charge in [0, 0.05) is 36.8 Å². The van der Waals surface area contributed by atoms with Gasteiger partial charge in [0.2, 0.25) is 10.0 Å². The van der Waals surface area contributed by atoms with Gasteiger partial charge in [0.25, 0.3) is 0 Å². The van der Waals surface area contributed by atoms with E-state index in [2.05, 4.69) is 15.2 Å². The van der Waals surface area contributed by atoms with Gasteiger partial charge >= 0.3 is 0 Å². The maximum atomic E-state index is 12.8. The quantitative estimate of drug-likeness (QED) is 0.501. The van der Waals surface area contributed by atoms with Gasteiger partial charge in [-0.25, -0.2) is 13.4 Å². The summed E-state index contributed by atoms with van der Waals surface area (Å²) in [6.07, 6.45) is 0. The van der Waals surface area contributed by atoms with Gasteiger partial charge in [-0.1, -0.05) is 37.7 Å². The SMILES string of the molecule is CCN(CC)S(=O)(=O)c1cccc(-c2nnc(SCc3csc(C)n3)n2C)c1. The second-order valence-electron chi connectivity index (χ2n) is 6.13. The molecule has 3 aromatic rings. The molecule has 0 amide bonds. The average Bonchev–Trinajstić information content (AvgIpc) is 3.26. The summed E-state index contributed by atoms with van der Waals surface area (Å²) < 4.78 is 28.9. The summed E-state index contributed by atoms with van der Waals surface area (Å²) in [5.41, 5.74) is 1.74. The van der Waals surface area contributed by atoms with Crippen molar-refractivity contribution in [2.45, 2.75) is 36.6 Å². The van der Waals surface area contributed by atoms with Crippen molar-refractivity contribution < 1.29 is 8.42 Å². The number of nitrogens with zero attached hydrogens (tertiary/aromatic N) is 5. The summed E-state index contributed by atoms with van der Waals surface area (Å²) in [6, 6.07) is 6.87. The smallest absolute Gasteiger partial charge is 0.243 e. The van der Waals surface area contributed by atoms with Gasteiger partial charge in [-0.05, 0) is 19.1 Å². The Bertz CT molecular complexity index is 1050. The number of rotatable bonds is 8. The van der Waals surface area contributed by atoms with E-state index in [-0.39, 0.29) is 4.90 Å². The third kappa shape index (κ3) is 4.29. The molecule has 7 nitrogen and oxygen atoms in total. The Labute approximate surface area is 173 Å². The van der Waals surface area contributed by atoms with Gasteiger partial charge in [-0.3, -0.25) is 0 Å². The number of thiazole rings is 1. The van der Waals surface area contributed by atoms with Crippen molar-refractivity contribution in [2.24, 2.45) is 7.05 Å². The van der Waals surface area contributed by atoms with Crippen LogP contribution >= 0.6 is 23.1 Å². The van der Waals surface area contributed by atoms with Gasteiger partial charge in [-0.15, -0.1) is 21.5 Å². The first-order chi connectivity index (χ1) is 13.4. The van der Waals surface area contributed by atoms with Crippen LogP contribution in [-0.2, 0) is 22.8 Å². The maximum absolute atomic E-state index is 12.8. The normalized spacial score (nSPS) is 12.0. The zero-order chi connectivity index (χ0) is 20.3. The molecule has 3 rings (SSSR count). The van der Waals surface area contributed by atoms with E-state index >= 15 is 0 Å². The lowest BCUT2D eigenvalue weighted by Gasteiger charge is -2.18. The molecule has 2 aromatic heterocycles. The number of thioether (sulfide) groups is 1. The molecule has 0 spiro atoms. The van der Waals surface area contributed by atoms with E-state index < -0.39 is 10.0 Å². The Kier molecular flexibility index (Phi) is 6.54. The van der Waals surface area contributed by atoms with Crippen molar-refractivity contribution in [3.8, 4) is 11.4 Å². The van der Waals surface area contributed by atoms with Crippen LogP contribution in [0.5, 0.6) is 0 Å². The van der Waals surface area contributed by atoms with Gasteiger partial charge in [-0.2, -0.15) is 4.31 Å². The third-order valence-corrected chi connectivity index (χ3v) is 8.21. The molecule has 0 atom stereocenters. The van der Waals surface area contributed by atoms with Gasteiger partial charge in [0.05, 0.1) is 15.6 Å². The van der Waals surface area contributed by atoms with Crippen LogP contribution in [0, 0.1) is 6.92 Å². The third-order valence-electron chi connectivity index (χ3n) is 4.29. The van der Waals surface area contributed by atoms with E-state index in [0.29, 0.717) is 24.7 Å². The van der Waals surface area contributed by atoms with Crippen molar-refractivity contribution in [2.75, 3.05) is 13.1 Å². The molecule has 1 aromatic carbocycles. The first kappa shape index (κ1) is 21.0. The molecule has 0 N–H and O–H groups in total. The fraction of sp³-hybridized carbons (Fsp3) is 0.389. The van der Waals surface area contributed by atoms with Gasteiger partial charge in [0.15, 0.2) is 11.0 Å². The molecule has 0 aliphatic rings. The average molecular weight is 438 g/mol. The van der Waals surface area contributed by atoms with Gasteiger partial charge in [0.1, 0.15) is 0 Å². The Morgan fingerprint density at radius 2 is 1.96 bits per heavy atom. The second kappa shape index (κ2) is 8.73. The number of hydrogen-bond acceptors (Lipinski definition) is 7. The van der Waals surface area contributed by atoms with E-state index in [1.165, 1.54) is 4.31 Å². The van der Waals surface area contributed by atoms with E-state index in [9.17, 15) is 8.42 Å². The minimum atomic E-state index is -3.52. The largest absolute Gasteiger partial charge is 0.305 e. The Morgan fingerprint density at radius 1 is 1.21 bits per heavy atom. The molecule has 0 bridgehead atoms. The highest BCUT2D eigenvalue weighted by molar-refractivity contribution is 7.98. The molecule has 0 aliphatic carbocycles. The fourth-order valence-electron chi connectivity index (χ4n) is 2.81. The second-order valence-corrected chi connectivity index (χ2v) is 10.1. The molecule has 150 valence electrons. The highest BCUT2D eigenvalue weighted by Crippen LogP contribution is 2.27. The molecule has 0 aliphatic heterocycles. The van der Waals surface area contributed by atoms with Crippen LogP contribution in [0.4, 0.5) is 0 Å². The summed E-state index contributed by atoms with van der Waals surface area (Å²) in [4.78, 5) is 4.73. The Hall–Kier alpha value is -1.75. The van der Waals surface area contributed by atoms with Crippen LogP contribution in [-0.4, -0.2) is 45.6 Å². The summed E-state index contributed by atoms with van der Waals surface area (Å²) >= 11 is 3.19. The number of aryl methyl sites for hydroxylation is 1.